The molecule has 2 fully saturated rings. The molecule has 2 aliphatic rings. The third-order valence-electron chi connectivity index (χ3n) is 5.86. The van der Waals surface area contributed by atoms with Gasteiger partial charge in [-0.2, -0.15) is 5.26 Å². The molecule has 2 aliphatic heterocycles. The Labute approximate surface area is 170 Å². The third-order valence-corrected chi connectivity index (χ3v) is 5.86. The van der Waals surface area contributed by atoms with E-state index in [0.29, 0.717) is 42.3 Å². The Morgan fingerprint density at radius 1 is 1.28 bits per heavy atom. The van der Waals surface area contributed by atoms with Crippen molar-refractivity contribution in [3.63, 3.8) is 0 Å². The second-order valence-corrected chi connectivity index (χ2v) is 9.25. The first-order chi connectivity index (χ1) is 13.7. The number of hydrogen-bond acceptors (Lipinski definition) is 4. The van der Waals surface area contributed by atoms with Gasteiger partial charge in [-0.15, -0.1) is 0 Å². The van der Waals surface area contributed by atoms with Crippen molar-refractivity contribution < 1.29 is 13.9 Å². The molecule has 29 heavy (non-hydrogen) atoms. The van der Waals surface area contributed by atoms with Gasteiger partial charge in [-0.1, -0.05) is 0 Å². The quantitative estimate of drug-likeness (QED) is 0.782. The Balaban J connectivity index is 1.57. The highest BCUT2D eigenvalue weighted by molar-refractivity contribution is 5.97. The van der Waals surface area contributed by atoms with Crippen LogP contribution in [0.4, 0.5) is 14.9 Å². The monoisotopic (exact) mass is 398 g/mol. The summed E-state index contributed by atoms with van der Waals surface area (Å²) >= 11 is 0. The molecule has 1 aromatic carbocycles. The SMILES string of the molecule is Cc1cc2c(N3CC[C@@H]4CN(C(=O)OC(C)(C)C)C[C@H]4C3)c(F)cc(C#N)c2[nH]1. The molecule has 3 heterocycles. The average molecular weight is 398 g/mol. The van der Waals surface area contributed by atoms with Crippen LogP contribution in [0.3, 0.4) is 0 Å². The Bertz CT molecular complexity index is 1000. The van der Waals surface area contributed by atoms with Crippen LogP contribution in [-0.4, -0.2) is 47.8 Å². The van der Waals surface area contributed by atoms with Crippen molar-refractivity contribution in [1.29, 1.82) is 5.26 Å². The maximum Gasteiger partial charge on any atom is 0.410 e. The lowest BCUT2D eigenvalue weighted by molar-refractivity contribution is 0.0285. The van der Waals surface area contributed by atoms with Crippen LogP contribution in [0.2, 0.25) is 0 Å². The molecule has 0 radical (unpaired) electrons. The number of H-pyrrole nitrogens is 1. The normalized spacial score (nSPS) is 21.9. The number of anilines is 1. The first kappa shape index (κ1) is 19.6. The van der Waals surface area contributed by atoms with Crippen LogP contribution in [-0.2, 0) is 4.74 Å². The predicted octanol–water partition coefficient (Wildman–Crippen LogP) is 4.18. The number of halogens is 1. The van der Waals surface area contributed by atoms with E-state index >= 15 is 4.39 Å². The number of carbonyl (C=O) groups excluding carboxylic acids is 1. The summed E-state index contributed by atoms with van der Waals surface area (Å²) in [6, 6.07) is 5.31. The maximum atomic E-state index is 15.0. The number of carbonyl (C=O) groups is 1. The lowest BCUT2D eigenvalue weighted by Crippen LogP contribution is -2.40. The van der Waals surface area contributed by atoms with Crippen LogP contribution in [0.5, 0.6) is 0 Å². The highest BCUT2D eigenvalue weighted by atomic mass is 19.1. The summed E-state index contributed by atoms with van der Waals surface area (Å²) in [5, 5.41) is 10.1. The van der Waals surface area contributed by atoms with Gasteiger partial charge >= 0.3 is 6.09 Å². The number of aromatic amines is 1. The number of nitrogens with one attached hydrogen (secondary N) is 1. The smallest absolute Gasteiger partial charge is 0.410 e. The molecule has 1 N–H and O–H groups in total. The Morgan fingerprint density at radius 2 is 2.00 bits per heavy atom. The van der Waals surface area contributed by atoms with Crippen molar-refractivity contribution in [2.75, 3.05) is 31.1 Å². The van der Waals surface area contributed by atoms with Crippen molar-refractivity contribution in [3.05, 3.63) is 29.2 Å². The zero-order valence-electron chi connectivity index (χ0n) is 17.4. The van der Waals surface area contributed by atoms with Gasteiger partial charge in [0.1, 0.15) is 17.5 Å². The summed E-state index contributed by atoms with van der Waals surface area (Å²) in [5.41, 5.74) is 1.94. The van der Waals surface area contributed by atoms with E-state index in [2.05, 4.69) is 16.0 Å². The number of benzene rings is 1. The number of hydrogen-bond donors (Lipinski definition) is 1. The van der Waals surface area contributed by atoms with Crippen LogP contribution < -0.4 is 4.90 Å². The molecule has 0 bridgehead atoms. The summed E-state index contributed by atoms with van der Waals surface area (Å²) in [5.74, 6) is 0.318. The van der Waals surface area contributed by atoms with E-state index in [1.54, 1.807) is 4.90 Å². The minimum Gasteiger partial charge on any atom is -0.444 e. The van der Waals surface area contributed by atoms with Crippen LogP contribution in [0.1, 0.15) is 38.4 Å². The number of nitrogens with zero attached hydrogens (tertiary/aromatic N) is 3. The van der Waals surface area contributed by atoms with Gasteiger partial charge in [0.25, 0.3) is 0 Å². The van der Waals surface area contributed by atoms with Crippen molar-refractivity contribution in [2.24, 2.45) is 11.8 Å². The molecule has 6 nitrogen and oxygen atoms in total. The van der Waals surface area contributed by atoms with Gasteiger partial charge in [-0.05, 0) is 58.1 Å². The molecule has 1 amide bonds. The molecule has 2 atom stereocenters. The highest BCUT2D eigenvalue weighted by Crippen LogP contribution is 2.38. The molecule has 0 saturated carbocycles. The van der Waals surface area contributed by atoms with Crippen LogP contribution in [0, 0.1) is 35.9 Å². The molecule has 7 heteroatoms. The Kier molecular flexibility index (Phi) is 4.68. The van der Waals surface area contributed by atoms with E-state index in [1.165, 1.54) is 6.07 Å². The predicted molar refractivity (Wildman–Crippen MR) is 109 cm³/mol. The molecule has 0 unspecified atom stereocenters. The summed E-state index contributed by atoms with van der Waals surface area (Å²) in [6.45, 7) is 10.3. The standard InChI is InChI=1S/C22H27FN4O2/c1-13-7-17-19(25-13)15(9-24)8-18(23)20(17)26-6-5-14-10-27(12-16(14)11-26)21(28)29-22(2,3)4/h7-8,14,16,25H,5-6,10-12H2,1-4H3/t14-,16-/m1/s1. The minimum atomic E-state index is -0.514. The molecule has 154 valence electrons. The molecule has 2 saturated heterocycles. The van der Waals surface area contributed by atoms with E-state index < -0.39 is 5.60 Å². The Hall–Kier alpha value is -2.75. The number of aromatic nitrogens is 1. The second kappa shape index (κ2) is 6.94. The van der Waals surface area contributed by atoms with Gasteiger partial charge in [0.15, 0.2) is 0 Å². The number of aryl methyl sites for hydroxylation is 1. The van der Waals surface area contributed by atoms with Gasteiger partial charge in [0.2, 0.25) is 0 Å². The van der Waals surface area contributed by atoms with Crippen LogP contribution >= 0.6 is 0 Å². The first-order valence-corrected chi connectivity index (χ1v) is 10.1. The van der Waals surface area contributed by atoms with Crippen LogP contribution in [0.25, 0.3) is 10.9 Å². The second-order valence-electron chi connectivity index (χ2n) is 9.25. The molecular weight excluding hydrogens is 371 g/mol. The van der Waals surface area contributed by atoms with E-state index in [-0.39, 0.29) is 17.8 Å². The molecule has 0 aliphatic carbocycles. The summed E-state index contributed by atoms with van der Waals surface area (Å²) < 4.78 is 20.5. The maximum absolute atomic E-state index is 15.0. The van der Waals surface area contributed by atoms with Crippen molar-refractivity contribution in [3.8, 4) is 6.07 Å². The van der Waals surface area contributed by atoms with Gasteiger partial charge < -0.3 is 19.5 Å². The number of piperidine rings is 1. The van der Waals surface area contributed by atoms with Crippen molar-refractivity contribution in [2.45, 2.75) is 39.7 Å². The van der Waals surface area contributed by atoms with Gasteiger partial charge in [0.05, 0.1) is 16.8 Å². The average Bonchev–Trinajstić information content (AvgIpc) is 3.22. The lowest BCUT2D eigenvalue weighted by atomic mass is 9.88. The molecule has 1 aromatic heterocycles. The number of amides is 1. The van der Waals surface area contributed by atoms with Crippen molar-refractivity contribution in [1.82, 2.24) is 9.88 Å². The molecule has 2 aromatic rings. The summed E-state index contributed by atoms with van der Waals surface area (Å²) in [4.78, 5) is 19.5. The number of fused-ring (bicyclic) bond motifs is 2. The number of nitriles is 1. The van der Waals surface area contributed by atoms with Crippen LogP contribution in [0.15, 0.2) is 12.1 Å². The summed E-state index contributed by atoms with van der Waals surface area (Å²) in [6.07, 6.45) is 0.626. The lowest BCUT2D eigenvalue weighted by Gasteiger charge is -2.36. The fourth-order valence-corrected chi connectivity index (χ4v) is 4.64. The van der Waals surface area contributed by atoms with Gasteiger partial charge in [0, 0.05) is 37.3 Å². The number of likely N-dealkylation sites (tertiary alicyclic amines) is 1. The van der Waals surface area contributed by atoms with E-state index in [4.69, 9.17) is 4.74 Å². The third kappa shape index (κ3) is 3.64. The van der Waals surface area contributed by atoms with E-state index in [0.717, 1.165) is 24.0 Å². The topological polar surface area (TPSA) is 72.4 Å². The highest BCUT2D eigenvalue weighted by Gasteiger charge is 2.41. The zero-order valence-corrected chi connectivity index (χ0v) is 17.4. The Morgan fingerprint density at radius 3 is 2.69 bits per heavy atom. The van der Waals surface area contributed by atoms with E-state index in [1.807, 2.05) is 33.8 Å². The number of rotatable bonds is 1. The van der Waals surface area contributed by atoms with Gasteiger partial charge in [-0.25, -0.2) is 9.18 Å². The van der Waals surface area contributed by atoms with E-state index in [9.17, 15) is 10.1 Å². The van der Waals surface area contributed by atoms with Gasteiger partial charge in [-0.3, -0.25) is 0 Å². The fourth-order valence-electron chi connectivity index (χ4n) is 4.64. The molecule has 4 rings (SSSR count). The van der Waals surface area contributed by atoms with Crippen molar-refractivity contribution >= 4 is 22.7 Å². The summed E-state index contributed by atoms with van der Waals surface area (Å²) in [7, 11) is 0. The number of ether oxygens (including phenoxy) is 1. The zero-order chi connectivity index (χ0) is 20.9. The fraction of sp³-hybridized carbons (Fsp3) is 0.545. The minimum absolute atomic E-state index is 0.272. The largest absolute Gasteiger partial charge is 0.444 e. The molecular formula is C22H27FN4O2. The first-order valence-electron chi connectivity index (χ1n) is 10.1. The molecule has 0 spiro atoms.